The van der Waals surface area contributed by atoms with Gasteiger partial charge in [-0.2, -0.15) is 0 Å². The molecule has 0 heterocycles. The zero-order valence-electron chi connectivity index (χ0n) is 16.3. The number of benzene rings is 1. The van der Waals surface area contributed by atoms with E-state index in [0.29, 0.717) is 6.42 Å². The van der Waals surface area contributed by atoms with Crippen molar-refractivity contribution in [3.63, 3.8) is 0 Å². The SMILES string of the molecule is COC(CC(C)(C)C)(Oc1ccccc1)O[Si](C)(C)C(C)(C)C. The molecule has 0 aliphatic heterocycles. The second kappa shape index (κ2) is 6.95. The number of hydrogen-bond acceptors (Lipinski definition) is 3. The van der Waals surface area contributed by atoms with E-state index in [4.69, 9.17) is 13.9 Å². The molecule has 0 aliphatic carbocycles. The standard InChI is InChI=1S/C19H34O3Si/c1-17(2,3)15-19(20-7,21-16-13-11-10-12-14-16)22-23(8,9)18(4,5)6/h10-14H,15H2,1-9H3. The number of hydrogen-bond donors (Lipinski definition) is 0. The lowest BCUT2D eigenvalue weighted by Crippen LogP contribution is -2.55. The van der Waals surface area contributed by atoms with Gasteiger partial charge in [-0.3, -0.25) is 0 Å². The minimum atomic E-state index is -2.06. The second-order valence-electron chi connectivity index (χ2n) is 8.90. The first-order valence-electron chi connectivity index (χ1n) is 8.30. The third-order valence-electron chi connectivity index (χ3n) is 4.29. The number of rotatable bonds is 6. The molecule has 3 nitrogen and oxygen atoms in total. The molecule has 1 rings (SSSR count). The van der Waals surface area contributed by atoms with Crippen LogP contribution < -0.4 is 4.74 Å². The Labute approximate surface area is 143 Å². The van der Waals surface area contributed by atoms with Gasteiger partial charge in [0.05, 0.1) is 0 Å². The largest absolute Gasteiger partial charge is 0.440 e. The van der Waals surface area contributed by atoms with Crippen LogP contribution in [-0.4, -0.2) is 21.4 Å². The molecular formula is C19H34O3Si. The zero-order valence-corrected chi connectivity index (χ0v) is 17.3. The summed E-state index contributed by atoms with van der Waals surface area (Å²) in [4.78, 5) is 0. The molecule has 0 spiro atoms. The van der Waals surface area contributed by atoms with Crippen LogP contribution in [0.4, 0.5) is 0 Å². The van der Waals surface area contributed by atoms with Crippen LogP contribution in [0.3, 0.4) is 0 Å². The van der Waals surface area contributed by atoms with Crippen LogP contribution in [0, 0.1) is 5.41 Å². The third-order valence-corrected chi connectivity index (χ3v) is 8.72. The zero-order chi connectivity index (χ0) is 17.9. The molecule has 0 amide bonds. The fraction of sp³-hybridized carbons (Fsp3) is 0.684. The lowest BCUT2D eigenvalue weighted by molar-refractivity contribution is -0.309. The average molecular weight is 339 g/mol. The minimum Gasteiger partial charge on any atom is -0.440 e. The highest BCUT2D eigenvalue weighted by atomic mass is 28.4. The predicted molar refractivity (Wildman–Crippen MR) is 99.2 cm³/mol. The van der Waals surface area contributed by atoms with Crippen molar-refractivity contribution in [2.24, 2.45) is 5.41 Å². The van der Waals surface area contributed by atoms with Crippen LogP contribution >= 0.6 is 0 Å². The van der Waals surface area contributed by atoms with Gasteiger partial charge in [0.15, 0.2) is 0 Å². The molecular weight excluding hydrogens is 304 g/mol. The van der Waals surface area contributed by atoms with Crippen molar-refractivity contribution in [2.75, 3.05) is 7.11 Å². The van der Waals surface area contributed by atoms with Gasteiger partial charge in [-0.15, -0.1) is 0 Å². The molecule has 1 aromatic carbocycles. The normalized spacial score (nSPS) is 16.0. The highest BCUT2D eigenvalue weighted by molar-refractivity contribution is 6.74. The van der Waals surface area contributed by atoms with Crippen LogP contribution in [0.5, 0.6) is 5.75 Å². The van der Waals surface area contributed by atoms with Crippen molar-refractivity contribution < 1.29 is 13.9 Å². The van der Waals surface area contributed by atoms with E-state index in [0.717, 1.165) is 5.75 Å². The second-order valence-corrected chi connectivity index (χ2v) is 13.6. The van der Waals surface area contributed by atoms with Crippen molar-refractivity contribution in [3.8, 4) is 5.75 Å². The Bertz CT molecular complexity index is 486. The molecule has 132 valence electrons. The van der Waals surface area contributed by atoms with Gasteiger partial charge in [-0.05, 0) is 35.7 Å². The van der Waals surface area contributed by atoms with Gasteiger partial charge < -0.3 is 13.9 Å². The molecule has 0 saturated heterocycles. The van der Waals surface area contributed by atoms with Gasteiger partial charge in [-0.1, -0.05) is 59.7 Å². The molecule has 0 fully saturated rings. The van der Waals surface area contributed by atoms with Gasteiger partial charge in [0.2, 0.25) is 8.32 Å². The van der Waals surface area contributed by atoms with Crippen molar-refractivity contribution in [1.29, 1.82) is 0 Å². The molecule has 0 aliphatic rings. The van der Waals surface area contributed by atoms with Crippen molar-refractivity contribution in [3.05, 3.63) is 30.3 Å². The molecule has 1 unspecified atom stereocenters. The maximum Gasteiger partial charge on any atom is 0.317 e. The van der Waals surface area contributed by atoms with Gasteiger partial charge in [0.1, 0.15) is 5.75 Å². The Morgan fingerprint density at radius 3 is 1.83 bits per heavy atom. The quantitative estimate of drug-likeness (QED) is 0.483. The first kappa shape index (κ1) is 20.2. The summed E-state index contributed by atoms with van der Waals surface area (Å²) in [5.41, 5.74) is 0.00710. The molecule has 0 saturated carbocycles. The van der Waals surface area contributed by atoms with Crippen LogP contribution in [0.2, 0.25) is 18.1 Å². The Morgan fingerprint density at radius 2 is 1.43 bits per heavy atom. The van der Waals surface area contributed by atoms with E-state index < -0.39 is 14.3 Å². The average Bonchev–Trinajstić information content (AvgIpc) is 2.35. The van der Waals surface area contributed by atoms with Crippen LogP contribution in [0.1, 0.15) is 48.0 Å². The minimum absolute atomic E-state index is 0.00710. The van der Waals surface area contributed by atoms with E-state index >= 15 is 0 Å². The topological polar surface area (TPSA) is 27.7 Å². The number of methoxy groups -OCH3 is 1. The van der Waals surface area contributed by atoms with Gasteiger partial charge in [-0.25, -0.2) is 0 Å². The summed E-state index contributed by atoms with van der Waals surface area (Å²) in [5.74, 6) is -0.305. The van der Waals surface area contributed by atoms with E-state index in [-0.39, 0.29) is 10.5 Å². The monoisotopic (exact) mass is 338 g/mol. The highest BCUT2D eigenvalue weighted by Gasteiger charge is 2.48. The van der Waals surface area contributed by atoms with Crippen molar-refractivity contribution >= 4 is 8.32 Å². The predicted octanol–water partition coefficient (Wildman–Crippen LogP) is 5.82. The summed E-state index contributed by atoms with van der Waals surface area (Å²) in [5, 5.41) is 0.0781. The van der Waals surface area contributed by atoms with Crippen LogP contribution in [0.25, 0.3) is 0 Å². The van der Waals surface area contributed by atoms with E-state index in [2.05, 4.69) is 54.6 Å². The molecule has 0 N–H and O–H groups in total. The maximum absolute atomic E-state index is 6.61. The molecule has 23 heavy (non-hydrogen) atoms. The van der Waals surface area contributed by atoms with E-state index in [9.17, 15) is 0 Å². The molecule has 0 radical (unpaired) electrons. The van der Waals surface area contributed by atoms with Gasteiger partial charge in [0.25, 0.3) is 0 Å². The molecule has 0 aromatic heterocycles. The summed E-state index contributed by atoms with van der Waals surface area (Å²) >= 11 is 0. The Kier molecular flexibility index (Phi) is 6.11. The smallest absolute Gasteiger partial charge is 0.317 e. The summed E-state index contributed by atoms with van der Waals surface area (Å²) in [6.45, 7) is 17.6. The summed E-state index contributed by atoms with van der Waals surface area (Å²) in [6.07, 6.45) is 0.651. The van der Waals surface area contributed by atoms with Gasteiger partial charge in [0, 0.05) is 13.5 Å². The Hall–Kier alpha value is -0.843. The molecule has 0 bridgehead atoms. The first-order chi connectivity index (χ1) is 10.3. The van der Waals surface area contributed by atoms with Gasteiger partial charge >= 0.3 is 5.97 Å². The number of ether oxygens (including phenoxy) is 2. The Morgan fingerprint density at radius 1 is 0.913 bits per heavy atom. The van der Waals surface area contributed by atoms with Crippen molar-refractivity contribution in [1.82, 2.24) is 0 Å². The van der Waals surface area contributed by atoms with E-state index in [1.165, 1.54) is 0 Å². The lowest BCUT2D eigenvalue weighted by Gasteiger charge is -2.45. The van der Waals surface area contributed by atoms with Crippen LogP contribution in [-0.2, 0) is 9.16 Å². The maximum atomic E-state index is 6.61. The lowest BCUT2D eigenvalue weighted by atomic mass is 9.91. The summed E-state index contributed by atoms with van der Waals surface area (Å²) in [7, 11) is -0.396. The Balaban J connectivity index is 3.19. The molecule has 4 heteroatoms. The van der Waals surface area contributed by atoms with Crippen molar-refractivity contribution in [2.45, 2.75) is 72.1 Å². The highest BCUT2D eigenvalue weighted by Crippen LogP contribution is 2.42. The van der Waals surface area contributed by atoms with Crippen LogP contribution in [0.15, 0.2) is 30.3 Å². The molecule has 1 aromatic rings. The fourth-order valence-electron chi connectivity index (χ4n) is 2.11. The van der Waals surface area contributed by atoms with E-state index in [1.54, 1.807) is 7.11 Å². The van der Waals surface area contributed by atoms with E-state index in [1.807, 2.05) is 30.3 Å². The number of para-hydroxylation sites is 1. The summed E-state index contributed by atoms with van der Waals surface area (Å²) in [6, 6.07) is 9.76. The fourth-order valence-corrected chi connectivity index (χ4v) is 3.39. The molecule has 1 atom stereocenters. The third kappa shape index (κ3) is 5.94. The first-order valence-corrected chi connectivity index (χ1v) is 11.2. The summed E-state index contributed by atoms with van der Waals surface area (Å²) < 4.78 is 18.7.